The molecule has 0 saturated heterocycles. The van der Waals surface area contributed by atoms with Gasteiger partial charge in [-0.25, -0.2) is 9.97 Å². The number of anilines is 1. The topological polar surface area (TPSA) is 113 Å². The van der Waals surface area contributed by atoms with Gasteiger partial charge in [-0.3, -0.25) is 9.69 Å². The van der Waals surface area contributed by atoms with Crippen molar-refractivity contribution in [3.63, 3.8) is 0 Å². The van der Waals surface area contributed by atoms with Crippen LogP contribution in [0.3, 0.4) is 0 Å². The maximum Gasteiger partial charge on any atom is 0.251 e. The van der Waals surface area contributed by atoms with Crippen molar-refractivity contribution in [2.24, 2.45) is 5.92 Å². The normalized spacial score (nSPS) is 16.3. The number of aromatic nitrogens is 2. The summed E-state index contributed by atoms with van der Waals surface area (Å²) in [5.41, 5.74) is 4.83. The van der Waals surface area contributed by atoms with Crippen molar-refractivity contribution in [1.29, 1.82) is 0 Å². The van der Waals surface area contributed by atoms with Crippen molar-refractivity contribution in [3.05, 3.63) is 70.6 Å². The number of ether oxygens (including phenoxy) is 1. The fourth-order valence-electron chi connectivity index (χ4n) is 5.20. The largest absolute Gasteiger partial charge is 0.486 e. The molecular weight excluding hydrogens is 506 g/mol. The number of pyridine rings is 1. The first-order chi connectivity index (χ1) is 19.3. The molecule has 214 valence electrons. The molecule has 0 radical (unpaired) electrons. The van der Waals surface area contributed by atoms with E-state index in [0.29, 0.717) is 30.7 Å². The van der Waals surface area contributed by atoms with Crippen LogP contribution in [-0.4, -0.2) is 57.7 Å². The van der Waals surface area contributed by atoms with Gasteiger partial charge in [0.25, 0.3) is 5.91 Å². The number of benzene rings is 1. The van der Waals surface area contributed by atoms with Gasteiger partial charge in [0.1, 0.15) is 18.2 Å². The predicted octanol–water partition coefficient (Wildman–Crippen LogP) is 4.27. The number of β-amino-alcohol motifs (C(OH)–C–C–N with tert-alkyl or cyclic N) is 1. The van der Waals surface area contributed by atoms with Gasteiger partial charge < -0.3 is 24.9 Å². The lowest BCUT2D eigenvalue weighted by atomic mass is 9.93. The van der Waals surface area contributed by atoms with Gasteiger partial charge in [-0.2, -0.15) is 0 Å². The van der Waals surface area contributed by atoms with Crippen molar-refractivity contribution >= 4 is 11.7 Å². The lowest BCUT2D eigenvalue weighted by molar-refractivity contribution is 0.0841. The highest BCUT2D eigenvalue weighted by molar-refractivity contribution is 5.95. The van der Waals surface area contributed by atoms with Gasteiger partial charge in [-0.15, -0.1) is 0 Å². The van der Waals surface area contributed by atoms with E-state index < -0.39 is 6.10 Å². The van der Waals surface area contributed by atoms with Gasteiger partial charge in [0.05, 0.1) is 11.8 Å². The Morgan fingerprint density at radius 2 is 2.08 bits per heavy atom. The molecule has 2 aromatic heterocycles. The Bertz CT molecular complexity index is 1300. The minimum absolute atomic E-state index is 0.180. The van der Waals surface area contributed by atoms with Crippen molar-refractivity contribution < 1.29 is 19.1 Å². The van der Waals surface area contributed by atoms with Crippen LogP contribution in [0.5, 0.6) is 5.75 Å². The number of aliphatic hydroxyl groups is 1. The van der Waals surface area contributed by atoms with Crippen LogP contribution in [-0.2, 0) is 26.0 Å². The Kier molecular flexibility index (Phi) is 9.01. The SMILES string of the molecule is Cc1ncoc1COc1ccc2c(c1)CCN(CC(O)CNC(=O)c1cc(CC(C)C)nc(NC3CCC3)c1)C2. The van der Waals surface area contributed by atoms with E-state index in [0.717, 1.165) is 67.5 Å². The zero-order valence-corrected chi connectivity index (χ0v) is 23.8. The van der Waals surface area contributed by atoms with Gasteiger partial charge in [-0.1, -0.05) is 19.9 Å². The molecule has 9 nitrogen and oxygen atoms in total. The summed E-state index contributed by atoms with van der Waals surface area (Å²) in [4.78, 5) is 24.1. The van der Waals surface area contributed by atoms with E-state index >= 15 is 0 Å². The number of oxazole rings is 1. The van der Waals surface area contributed by atoms with E-state index in [-0.39, 0.29) is 12.5 Å². The maximum atomic E-state index is 13.0. The average molecular weight is 548 g/mol. The number of fused-ring (bicyclic) bond motifs is 1. The molecule has 1 amide bonds. The molecule has 3 N–H and O–H groups in total. The number of carbonyl (C=O) groups is 1. The van der Waals surface area contributed by atoms with Crippen molar-refractivity contribution in [1.82, 2.24) is 20.2 Å². The number of rotatable bonds is 12. The van der Waals surface area contributed by atoms with E-state index in [1.807, 2.05) is 25.1 Å². The second-order valence-electron chi connectivity index (χ2n) is 11.5. The molecule has 1 atom stereocenters. The molecule has 1 aromatic carbocycles. The number of nitrogens with zero attached hydrogens (tertiary/aromatic N) is 3. The number of hydrogen-bond acceptors (Lipinski definition) is 8. The van der Waals surface area contributed by atoms with Crippen LogP contribution in [0, 0.1) is 12.8 Å². The number of aryl methyl sites for hydroxylation is 1. The molecular formula is C31H41N5O4. The molecule has 1 unspecified atom stereocenters. The lowest BCUT2D eigenvalue weighted by Crippen LogP contribution is -2.42. The van der Waals surface area contributed by atoms with Gasteiger partial charge >= 0.3 is 0 Å². The van der Waals surface area contributed by atoms with Crippen LogP contribution >= 0.6 is 0 Å². The smallest absolute Gasteiger partial charge is 0.251 e. The summed E-state index contributed by atoms with van der Waals surface area (Å²) in [5, 5.41) is 17.1. The van der Waals surface area contributed by atoms with Crippen LogP contribution in [0.4, 0.5) is 5.82 Å². The van der Waals surface area contributed by atoms with Crippen molar-refractivity contribution in [2.45, 2.75) is 78.2 Å². The lowest BCUT2D eigenvalue weighted by Gasteiger charge is -2.30. The third-order valence-corrected chi connectivity index (χ3v) is 7.67. The van der Waals surface area contributed by atoms with E-state index in [4.69, 9.17) is 14.1 Å². The summed E-state index contributed by atoms with van der Waals surface area (Å²) in [5.74, 6) is 2.57. The van der Waals surface area contributed by atoms with Gasteiger partial charge in [-0.05, 0) is 80.3 Å². The summed E-state index contributed by atoms with van der Waals surface area (Å²) >= 11 is 0. The molecule has 0 bridgehead atoms. The fourth-order valence-corrected chi connectivity index (χ4v) is 5.20. The highest BCUT2D eigenvalue weighted by Crippen LogP contribution is 2.26. The number of hydrogen-bond donors (Lipinski definition) is 3. The van der Waals surface area contributed by atoms with Crippen molar-refractivity contribution in [2.75, 3.05) is 25.0 Å². The Balaban J connectivity index is 1.11. The van der Waals surface area contributed by atoms with E-state index in [9.17, 15) is 9.90 Å². The highest BCUT2D eigenvalue weighted by Gasteiger charge is 2.22. The number of aliphatic hydroxyl groups excluding tert-OH is 1. The molecule has 40 heavy (non-hydrogen) atoms. The average Bonchev–Trinajstić information content (AvgIpc) is 3.32. The van der Waals surface area contributed by atoms with E-state index in [2.05, 4.69) is 46.5 Å². The minimum Gasteiger partial charge on any atom is -0.486 e. The van der Waals surface area contributed by atoms with Crippen LogP contribution < -0.4 is 15.4 Å². The van der Waals surface area contributed by atoms with Crippen LogP contribution in [0.2, 0.25) is 0 Å². The van der Waals surface area contributed by atoms with Gasteiger partial charge in [0, 0.05) is 43.5 Å². The summed E-state index contributed by atoms with van der Waals surface area (Å²) in [6.07, 6.45) is 5.97. The Hall–Kier alpha value is -3.43. The van der Waals surface area contributed by atoms with E-state index in [1.165, 1.54) is 23.9 Å². The minimum atomic E-state index is -0.664. The van der Waals surface area contributed by atoms with E-state index in [1.54, 1.807) is 0 Å². The molecule has 1 saturated carbocycles. The molecule has 0 spiro atoms. The molecule has 1 aliphatic carbocycles. The Morgan fingerprint density at radius 1 is 1.23 bits per heavy atom. The zero-order chi connectivity index (χ0) is 28.1. The van der Waals surface area contributed by atoms with Crippen molar-refractivity contribution in [3.8, 4) is 5.75 Å². The second-order valence-corrected chi connectivity index (χ2v) is 11.5. The first-order valence-corrected chi connectivity index (χ1v) is 14.4. The molecule has 3 aromatic rings. The standard InChI is InChI=1S/C31H41N5O4/c1-20(2)11-26-12-24(14-30(35-26)34-25-5-4-6-25)31(38)32-15-27(37)17-36-10-9-22-13-28(8-7-23(22)16-36)39-18-29-21(3)33-19-40-29/h7-8,12-14,19-20,25,27,37H,4-6,9-11,15-18H2,1-3H3,(H,32,38)(H,34,35). The number of nitrogens with one attached hydrogen (secondary N) is 2. The summed E-state index contributed by atoms with van der Waals surface area (Å²) in [7, 11) is 0. The summed E-state index contributed by atoms with van der Waals surface area (Å²) in [6, 6.07) is 10.3. The Morgan fingerprint density at radius 3 is 2.80 bits per heavy atom. The number of carbonyl (C=O) groups excluding carboxylic acids is 1. The quantitative estimate of drug-likeness (QED) is 0.308. The van der Waals surface area contributed by atoms with Crippen LogP contribution in [0.1, 0.15) is 71.7 Å². The summed E-state index contributed by atoms with van der Waals surface area (Å²) in [6.45, 7) is 8.83. The van der Waals surface area contributed by atoms with Crippen LogP contribution in [0.25, 0.3) is 0 Å². The second kappa shape index (κ2) is 12.8. The highest BCUT2D eigenvalue weighted by atomic mass is 16.5. The van der Waals surface area contributed by atoms with Gasteiger partial charge in [0.2, 0.25) is 0 Å². The Labute approximate surface area is 236 Å². The van der Waals surface area contributed by atoms with Crippen LogP contribution in [0.15, 0.2) is 41.1 Å². The van der Waals surface area contributed by atoms with Gasteiger partial charge in [0.15, 0.2) is 12.2 Å². The maximum absolute atomic E-state index is 13.0. The third kappa shape index (κ3) is 7.40. The third-order valence-electron chi connectivity index (χ3n) is 7.67. The first kappa shape index (κ1) is 28.1. The molecule has 2 aliphatic rings. The molecule has 9 heteroatoms. The number of amides is 1. The molecule has 5 rings (SSSR count). The zero-order valence-electron chi connectivity index (χ0n) is 23.8. The monoisotopic (exact) mass is 547 g/mol. The molecule has 3 heterocycles. The summed E-state index contributed by atoms with van der Waals surface area (Å²) < 4.78 is 11.3. The molecule has 1 aliphatic heterocycles. The molecule has 1 fully saturated rings. The predicted molar refractivity (Wildman–Crippen MR) is 153 cm³/mol. The fraction of sp³-hybridized carbons (Fsp3) is 0.516. The first-order valence-electron chi connectivity index (χ1n) is 14.4.